The van der Waals surface area contributed by atoms with Crippen LogP contribution in [0.3, 0.4) is 0 Å². The van der Waals surface area contributed by atoms with Crippen molar-refractivity contribution >= 4 is 16.0 Å². The van der Waals surface area contributed by atoms with Crippen molar-refractivity contribution in [2.75, 3.05) is 6.54 Å². The zero-order chi connectivity index (χ0) is 14.3. The molecule has 0 aliphatic rings. The van der Waals surface area contributed by atoms with Crippen LogP contribution >= 0.6 is 0 Å². The normalized spacial score (nSPS) is 11.4. The van der Waals surface area contributed by atoms with E-state index in [1.165, 1.54) is 18.2 Å². The molecule has 0 aromatic heterocycles. The van der Waals surface area contributed by atoms with E-state index < -0.39 is 21.8 Å². The summed E-state index contributed by atoms with van der Waals surface area (Å²) in [7, 11) is -3.84. The van der Waals surface area contributed by atoms with Gasteiger partial charge in [0.2, 0.25) is 10.0 Å². The Bertz CT molecular complexity index is 530. The minimum absolute atomic E-state index is 0.0695. The largest absolute Gasteiger partial charge is 0.481 e. The molecule has 0 aliphatic heterocycles. The van der Waals surface area contributed by atoms with Crippen molar-refractivity contribution in [3.05, 3.63) is 30.1 Å². The van der Waals surface area contributed by atoms with Crippen LogP contribution in [0.5, 0.6) is 0 Å². The van der Waals surface area contributed by atoms with Crippen LogP contribution < -0.4 is 4.72 Å². The molecule has 0 radical (unpaired) electrons. The molecule has 0 aliphatic carbocycles. The number of benzene rings is 1. The summed E-state index contributed by atoms with van der Waals surface area (Å²) in [5, 5.41) is 8.43. The average molecular weight is 289 g/mol. The Labute approximate surface area is 111 Å². The molecule has 19 heavy (non-hydrogen) atoms. The van der Waals surface area contributed by atoms with Crippen molar-refractivity contribution in [2.24, 2.45) is 0 Å². The maximum atomic E-state index is 13.3. The number of carboxylic acids is 1. The summed E-state index contributed by atoms with van der Waals surface area (Å²) >= 11 is 0. The lowest BCUT2D eigenvalue weighted by molar-refractivity contribution is -0.137. The van der Waals surface area contributed by atoms with Gasteiger partial charge >= 0.3 is 5.97 Å². The highest BCUT2D eigenvalue weighted by molar-refractivity contribution is 7.89. The van der Waals surface area contributed by atoms with Crippen LogP contribution in [-0.2, 0) is 14.8 Å². The number of carboxylic acid groups (broad SMARTS) is 1. The van der Waals surface area contributed by atoms with Crippen molar-refractivity contribution in [2.45, 2.75) is 30.6 Å². The molecule has 1 aromatic rings. The molecule has 0 heterocycles. The van der Waals surface area contributed by atoms with Gasteiger partial charge in [-0.15, -0.1) is 0 Å². The summed E-state index contributed by atoms with van der Waals surface area (Å²) in [6, 6.07) is 5.15. The second kappa shape index (κ2) is 7.20. The van der Waals surface area contributed by atoms with Crippen LogP contribution in [0.15, 0.2) is 29.2 Å². The third-order valence-electron chi connectivity index (χ3n) is 2.49. The monoisotopic (exact) mass is 289 g/mol. The van der Waals surface area contributed by atoms with Gasteiger partial charge in [0.15, 0.2) is 0 Å². The fourth-order valence-electron chi connectivity index (χ4n) is 1.52. The van der Waals surface area contributed by atoms with Crippen molar-refractivity contribution in [3.63, 3.8) is 0 Å². The van der Waals surface area contributed by atoms with Crippen molar-refractivity contribution in [3.8, 4) is 0 Å². The molecular weight excluding hydrogens is 273 g/mol. The Balaban J connectivity index is 2.40. The fraction of sp³-hybridized carbons (Fsp3) is 0.417. The molecule has 2 N–H and O–H groups in total. The maximum Gasteiger partial charge on any atom is 0.303 e. The van der Waals surface area contributed by atoms with Crippen LogP contribution in [0.25, 0.3) is 0 Å². The van der Waals surface area contributed by atoms with Gasteiger partial charge in [-0.05, 0) is 25.0 Å². The molecule has 1 aromatic carbocycles. The number of aliphatic carboxylic acids is 1. The van der Waals surface area contributed by atoms with Gasteiger partial charge in [-0.3, -0.25) is 4.79 Å². The number of hydrogen-bond donors (Lipinski definition) is 2. The van der Waals surface area contributed by atoms with Gasteiger partial charge in [0.05, 0.1) is 0 Å². The van der Waals surface area contributed by atoms with Crippen molar-refractivity contribution in [1.29, 1.82) is 0 Å². The van der Waals surface area contributed by atoms with E-state index in [4.69, 9.17) is 5.11 Å². The molecule has 1 rings (SSSR count). The van der Waals surface area contributed by atoms with E-state index in [1.807, 2.05) is 0 Å². The number of hydrogen-bond acceptors (Lipinski definition) is 3. The van der Waals surface area contributed by atoms with Gasteiger partial charge in [-0.1, -0.05) is 18.6 Å². The first-order valence-electron chi connectivity index (χ1n) is 5.89. The van der Waals surface area contributed by atoms with E-state index >= 15 is 0 Å². The maximum absolute atomic E-state index is 13.3. The predicted octanol–water partition coefficient (Wildman–Crippen LogP) is 1.75. The number of rotatable bonds is 8. The Morgan fingerprint density at radius 2 is 1.89 bits per heavy atom. The minimum Gasteiger partial charge on any atom is -0.481 e. The van der Waals surface area contributed by atoms with Crippen molar-refractivity contribution < 1.29 is 22.7 Å². The predicted molar refractivity (Wildman–Crippen MR) is 67.7 cm³/mol. The smallest absolute Gasteiger partial charge is 0.303 e. The van der Waals surface area contributed by atoms with Gasteiger partial charge in [0.1, 0.15) is 10.7 Å². The SMILES string of the molecule is O=C(O)CCCCCNS(=O)(=O)c1ccccc1F. The molecule has 0 fully saturated rings. The molecule has 7 heteroatoms. The summed E-state index contributed by atoms with van der Waals surface area (Å²) in [4.78, 5) is 9.89. The van der Waals surface area contributed by atoms with Gasteiger partial charge in [0.25, 0.3) is 0 Å². The zero-order valence-electron chi connectivity index (χ0n) is 10.3. The van der Waals surface area contributed by atoms with Gasteiger partial charge in [-0.25, -0.2) is 17.5 Å². The molecular formula is C12H16FNO4S. The molecule has 0 amide bonds. The van der Waals surface area contributed by atoms with E-state index in [2.05, 4.69) is 4.72 Å². The highest BCUT2D eigenvalue weighted by Gasteiger charge is 2.17. The minimum atomic E-state index is -3.84. The van der Waals surface area contributed by atoms with Gasteiger partial charge in [-0.2, -0.15) is 0 Å². The number of sulfonamides is 1. The van der Waals surface area contributed by atoms with Crippen LogP contribution in [0.2, 0.25) is 0 Å². The van der Waals surface area contributed by atoms with Crippen LogP contribution in [0, 0.1) is 5.82 Å². The number of carbonyl (C=O) groups is 1. The Kier molecular flexibility index (Phi) is 5.91. The topological polar surface area (TPSA) is 83.5 Å². The summed E-state index contributed by atoms with van der Waals surface area (Å²) in [5.41, 5.74) is 0. The highest BCUT2D eigenvalue weighted by atomic mass is 32.2. The Morgan fingerprint density at radius 3 is 2.53 bits per heavy atom. The lowest BCUT2D eigenvalue weighted by atomic mass is 10.2. The average Bonchev–Trinajstić information content (AvgIpc) is 2.33. The quantitative estimate of drug-likeness (QED) is 0.714. The number of nitrogens with one attached hydrogen (secondary N) is 1. The number of halogens is 1. The van der Waals surface area contributed by atoms with Crippen LogP contribution in [-0.4, -0.2) is 26.0 Å². The fourth-order valence-corrected chi connectivity index (χ4v) is 2.68. The lowest BCUT2D eigenvalue weighted by Gasteiger charge is -2.07. The summed E-state index contributed by atoms with van der Waals surface area (Å²) in [6.07, 6.45) is 1.68. The Morgan fingerprint density at radius 1 is 1.21 bits per heavy atom. The van der Waals surface area contributed by atoms with E-state index in [9.17, 15) is 17.6 Å². The molecule has 0 saturated heterocycles. The van der Waals surface area contributed by atoms with Crippen LogP contribution in [0.4, 0.5) is 4.39 Å². The number of unbranched alkanes of at least 4 members (excludes halogenated alkanes) is 2. The first-order valence-corrected chi connectivity index (χ1v) is 7.38. The van der Waals surface area contributed by atoms with Gasteiger partial charge < -0.3 is 5.11 Å². The molecule has 0 atom stereocenters. The molecule has 0 saturated carbocycles. The summed E-state index contributed by atoms with van der Waals surface area (Å²) in [5.74, 6) is -1.66. The third-order valence-corrected chi connectivity index (χ3v) is 3.98. The van der Waals surface area contributed by atoms with E-state index in [-0.39, 0.29) is 17.9 Å². The first kappa shape index (κ1) is 15.6. The lowest BCUT2D eigenvalue weighted by Crippen LogP contribution is -2.25. The van der Waals surface area contributed by atoms with E-state index in [0.717, 1.165) is 6.07 Å². The Hall–Kier alpha value is -1.47. The highest BCUT2D eigenvalue weighted by Crippen LogP contribution is 2.13. The molecule has 106 valence electrons. The van der Waals surface area contributed by atoms with E-state index in [0.29, 0.717) is 19.3 Å². The first-order chi connectivity index (χ1) is 8.93. The molecule has 5 nitrogen and oxygen atoms in total. The van der Waals surface area contributed by atoms with Crippen LogP contribution in [0.1, 0.15) is 25.7 Å². The molecule has 0 unspecified atom stereocenters. The van der Waals surface area contributed by atoms with Gasteiger partial charge in [0, 0.05) is 13.0 Å². The standard InChI is InChI=1S/C12H16FNO4S/c13-10-6-3-4-7-11(10)19(17,18)14-9-5-1-2-8-12(15)16/h3-4,6-7,14H,1-2,5,8-9H2,(H,15,16). The van der Waals surface area contributed by atoms with E-state index in [1.54, 1.807) is 0 Å². The third kappa shape index (κ3) is 5.35. The summed E-state index contributed by atoms with van der Waals surface area (Å²) in [6.45, 7) is 0.163. The second-order valence-corrected chi connectivity index (χ2v) is 5.77. The summed E-state index contributed by atoms with van der Waals surface area (Å²) < 4.78 is 39.1. The zero-order valence-corrected chi connectivity index (χ0v) is 11.1. The van der Waals surface area contributed by atoms with Crippen molar-refractivity contribution in [1.82, 2.24) is 4.72 Å². The molecule has 0 bridgehead atoms. The molecule has 0 spiro atoms. The second-order valence-electron chi connectivity index (χ2n) is 4.03.